The van der Waals surface area contributed by atoms with E-state index in [0.29, 0.717) is 6.61 Å². The van der Waals surface area contributed by atoms with Crippen LogP contribution in [0, 0.1) is 12.8 Å². The maximum absolute atomic E-state index is 11.8. The van der Waals surface area contributed by atoms with E-state index in [4.69, 9.17) is 16.3 Å². The number of carbonyl (C=O) groups excluding carboxylic acids is 1. The number of aryl methyl sites for hydroxylation is 1. The number of hydrogen-bond acceptors (Lipinski definition) is 5. The van der Waals surface area contributed by atoms with Crippen LogP contribution in [0.5, 0.6) is 0 Å². The van der Waals surface area contributed by atoms with Crippen LogP contribution in [0.4, 0.5) is 0 Å². The lowest BCUT2D eigenvalue weighted by atomic mass is 9.86. The van der Waals surface area contributed by atoms with E-state index in [1.807, 2.05) is 18.5 Å². The SMILES string of the molecule is CCOC(=O)C1CCC(n2ncc3c(C)nc(Cl)nc32)CC1. The Morgan fingerprint density at radius 2 is 2.09 bits per heavy atom. The fourth-order valence-electron chi connectivity index (χ4n) is 3.12. The molecule has 0 N–H and O–H groups in total. The molecule has 2 aromatic heterocycles. The number of rotatable bonds is 3. The second-order valence-electron chi connectivity index (χ2n) is 5.66. The predicted molar refractivity (Wildman–Crippen MR) is 82.7 cm³/mol. The van der Waals surface area contributed by atoms with Crippen molar-refractivity contribution >= 4 is 28.6 Å². The van der Waals surface area contributed by atoms with E-state index < -0.39 is 0 Å². The van der Waals surface area contributed by atoms with E-state index in [2.05, 4.69) is 15.1 Å². The van der Waals surface area contributed by atoms with Crippen LogP contribution < -0.4 is 0 Å². The monoisotopic (exact) mass is 322 g/mol. The quantitative estimate of drug-likeness (QED) is 0.641. The minimum Gasteiger partial charge on any atom is -0.466 e. The Morgan fingerprint density at radius 1 is 1.36 bits per heavy atom. The van der Waals surface area contributed by atoms with E-state index in [0.717, 1.165) is 42.4 Å². The number of aromatic nitrogens is 4. The van der Waals surface area contributed by atoms with Crippen LogP contribution in [-0.4, -0.2) is 32.3 Å². The molecule has 3 rings (SSSR count). The molecule has 0 atom stereocenters. The number of carbonyl (C=O) groups is 1. The second kappa shape index (κ2) is 6.20. The van der Waals surface area contributed by atoms with Gasteiger partial charge in [-0.25, -0.2) is 9.67 Å². The van der Waals surface area contributed by atoms with Crippen molar-refractivity contribution in [1.29, 1.82) is 0 Å². The number of nitrogens with zero attached hydrogens (tertiary/aromatic N) is 4. The average molecular weight is 323 g/mol. The molecule has 2 heterocycles. The van der Waals surface area contributed by atoms with Crippen LogP contribution in [0.3, 0.4) is 0 Å². The van der Waals surface area contributed by atoms with Crippen molar-refractivity contribution in [2.45, 2.75) is 45.6 Å². The summed E-state index contributed by atoms with van der Waals surface area (Å²) in [6.45, 7) is 4.18. The highest BCUT2D eigenvalue weighted by molar-refractivity contribution is 6.28. The molecule has 1 saturated carbocycles. The third kappa shape index (κ3) is 2.79. The summed E-state index contributed by atoms with van der Waals surface area (Å²) in [7, 11) is 0. The summed E-state index contributed by atoms with van der Waals surface area (Å²) in [5, 5.41) is 5.64. The molecule has 2 aromatic rings. The molecule has 0 spiro atoms. The van der Waals surface area contributed by atoms with Gasteiger partial charge in [0.05, 0.1) is 35.8 Å². The van der Waals surface area contributed by atoms with E-state index >= 15 is 0 Å². The van der Waals surface area contributed by atoms with E-state index in [9.17, 15) is 4.79 Å². The van der Waals surface area contributed by atoms with Gasteiger partial charge in [0.1, 0.15) is 0 Å². The molecular weight excluding hydrogens is 304 g/mol. The maximum Gasteiger partial charge on any atom is 0.308 e. The van der Waals surface area contributed by atoms with Crippen molar-refractivity contribution < 1.29 is 9.53 Å². The molecule has 1 aliphatic carbocycles. The highest BCUT2D eigenvalue weighted by atomic mass is 35.5. The highest BCUT2D eigenvalue weighted by Gasteiger charge is 2.29. The molecule has 1 aliphatic rings. The van der Waals surface area contributed by atoms with Gasteiger partial charge in [0.2, 0.25) is 5.28 Å². The summed E-state index contributed by atoms with van der Waals surface area (Å²) in [6, 6.07) is 0.244. The molecule has 22 heavy (non-hydrogen) atoms. The van der Waals surface area contributed by atoms with Crippen molar-refractivity contribution in [3.05, 3.63) is 17.2 Å². The van der Waals surface area contributed by atoms with Gasteiger partial charge in [0.15, 0.2) is 5.65 Å². The van der Waals surface area contributed by atoms with Crippen molar-refractivity contribution in [1.82, 2.24) is 19.7 Å². The van der Waals surface area contributed by atoms with Gasteiger partial charge in [0, 0.05) is 0 Å². The van der Waals surface area contributed by atoms with Crippen LogP contribution in [-0.2, 0) is 9.53 Å². The lowest BCUT2D eigenvalue weighted by Gasteiger charge is -2.27. The third-order valence-corrected chi connectivity index (χ3v) is 4.45. The number of ether oxygens (including phenoxy) is 1. The molecule has 0 unspecified atom stereocenters. The smallest absolute Gasteiger partial charge is 0.308 e. The number of halogens is 1. The van der Waals surface area contributed by atoms with Crippen LogP contribution >= 0.6 is 11.6 Å². The van der Waals surface area contributed by atoms with E-state index in [1.54, 1.807) is 6.20 Å². The summed E-state index contributed by atoms with van der Waals surface area (Å²) in [4.78, 5) is 20.3. The fraction of sp³-hybridized carbons (Fsp3) is 0.600. The lowest BCUT2D eigenvalue weighted by Crippen LogP contribution is -2.25. The average Bonchev–Trinajstić information content (AvgIpc) is 2.91. The lowest BCUT2D eigenvalue weighted by molar-refractivity contribution is -0.149. The molecule has 1 fully saturated rings. The zero-order valence-electron chi connectivity index (χ0n) is 12.8. The van der Waals surface area contributed by atoms with Crippen molar-refractivity contribution in [3.8, 4) is 0 Å². The predicted octanol–water partition coefficient (Wildman–Crippen LogP) is 3.08. The van der Waals surface area contributed by atoms with Gasteiger partial charge in [-0.3, -0.25) is 4.79 Å². The van der Waals surface area contributed by atoms with Crippen LogP contribution in [0.25, 0.3) is 11.0 Å². The zero-order chi connectivity index (χ0) is 15.7. The Hall–Kier alpha value is -1.69. The van der Waals surface area contributed by atoms with E-state index in [1.165, 1.54) is 0 Å². The molecule has 0 radical (unpaired) electrons. The maximum atomic E-state index is 11.8. The van der Waals surface area contributed by atoms with Gasteiger partial charge < -0.3 is 4.74 Å². The summed E-state index contributed by atoms with van der Waals surface area (Å²) in [6.07, 6.45) is 5.21. The highest BCUT2D eigenvalue weighted by Crippen LogP contribution is 2.34. The van der Waals surface area contributed by atoms with Crippen molar-refractivity contribution in [2.24, 2.45) is 5.92 Å². The number of esters is 1. The van der Waals surface area contributed by atoms with Crippen LogP contribution in [0.15, 0.2) is 6.20 Å². The molecule has 0 saturated heterocycles. The first-order valence-corrected chi connectivity index (χ1v) is 8.02. The molecule has 6 nitrogen and oxygen atoms in total. The molecule has 0 bridgehead atoms. The zero-order valence-corrected chi connectivity index (χ0v) is 13.5. The molecule has 0 aromatic carbocycles. The normalized spacial score (nSPS) is 22.0. The minimum atomic E-state index is -0.0764. The van der Waals surface area contributed by atoms with Crippen LogP contribution in [0.2, 0.25) is 5.28 Å². The first kappa shape index (κ1) is 15.2. The first-order chi connectivity index (χ1) is 10.6. The fourth-order valence-corrected chi connectivity index (χ4v) is 3.32. The van der Waals surface area contributed by atoms with E-state index in [-0.39, 0.29) is 23.2 Å². The first-order valence-electron chi connectivity index (χ1n) is 7.64. The number of fused-ring (bicyclic) bond motifs is 1. The van der Waals surface area contributed by atoms with Crippen LogP contribution in [0.1, 0.15) is 44.3 Å². The summed E-state index contributed by atoms with van der Waals surface area (Å²) < 4.78 is 7.04. The summed E-state index contributed by atoms with van der Waals surface area (Å²) in [5.74, 6) is -0.0644. The molecule has 7 heteroatoms. The standard InChI is InChI=1S/C15H19ClN4O2/c1-3-22-14(21)10-4-6-11(7-5-10)20-13-12(8-17-20)9(2)18-15(16)19-13/h8,10-11H,3-7H2,1-2H3. The summed E-state index contributed by atoms with van der Waals surface area (Å²) >= 11 is 5.97. The largest absolute Gasteiger partial charge is 0.466 e. The van der Waals surface area contributed by atoms with Gasteiger partial charge in [-0.15, -0.1) is 0 Å². The number of hydrogen-bond donors (Lipinski definition) is 0. The van der Waals surface area contributed by atoms with Gasteiger partial charge in [-0.2, -0.15) is 10.1 Å². The minimum absolute atomic E-state index is 0.0120. The van der Waals surface area contributed by atoms with Gasteiger partial charge in [-0.05, 0) is 51.1 Å². The third-order valence-electron chi connectivity index (χ3n) is 4.28. The van der Waals surface area contributed by atoms with Crippen molar-refractivity contribution in [3.63, 3.8) is 0 Å². The molecule has 118 valence electrons. The molecular formula is C15H19ClN4O2. The van der Waals surface area contributed by atoms with Crippen molar-refractivity contribution in [2.75, 3.05) is 6.61 Å². The van der Waals surface area contributed by atoms with Gasteiger partial charge in [-0.1, -0.05) is 0 Å². The van der Waals surface area contributed by atoms with Gasteiger partial charge >= 0.3 is 5.97 Å². The Balaban J connectivity index is 1.78. The Morgan fingerprint density at radius 3 is 2.77 bits per heavy atom. The Kier molecular flexibility index (Phi) is 4.29. The topological polar surface area (TPSA) is 69.9 Å². The Labute approximate surface area is 133 Å². The molecule has 0 amide bonds. The second-order valence-corrected chi connectivity index (χ2v) is 6.00. The van der Waals surface area contributed by atoms with Gasteiger partial charge in [0.25, 0.3) is 0 Å². The Bertz CT molecular complexity index is 692. The molecule has 0 aliphatic heterocycles. The summed E-state index contributed by atoms with van der Waals surface area (Å²) in [5.41, 5.74) is 1.61.